The summed E-state index contributed by atoms with van der Waals surface area (Å²) in [5.41, 5.74) is 2.11. The highest BCUT2D eigenvalue weighted by molar-refractivity contribution is 8.55. The monoisotopic (exact) mass is 787 g/mol. The lowest BCUT2D eigenvalue weighted by Crippen LogP contribution is -2.44. The number of rotatable bonds is 18. The molecule has 2 aromatic carbocycles. The number of methoxy groups -OCH3 is 2. The number of hydrogen-bond donors (Lipinski definition) is 1. The number of piperazine rings is 1. The number of nitrogens with one attached hydrogen (secondary N) is 1. The Bertz CT molecular complexity index is 1600. The van der Waals surface area contributed by atoms with Crippen LogP contribution < -0.4 is 19.5 Å². The third-order valence-corrected chi connectivity index (χ3v) is 13.3. The Labute approximate surface area is 314 Å². The van der Waals surface area contributed by atoms with Crippen molar-refractivity contribution in [1.29, 1.82) is 5.26 Å². The first-order chi connectivity index (χ1) is 24.1. The number of anilines is 2. The van der Waals surface area contributed by atoms with E-state index in [4.69, 9.17) is 46.5 Å². The van der Waals surface area contributed by atoms with E-state index in [9.17, 15) is 9.83 Å². The summed E-state index contributed by atoms with van der Waals surface area (Å²) in [5, 5.41) is 14.5. The highest BCUT2D eigenvalue weighted by Gasteiger charge is 2.24. The molecular formula is C34H48Cl2N5O6PS2. The number of pyridine rings is 1. The van der Waals surface area contributed by atoms with Crippen LogP contribution in [0.3, 0.4) is 0 Å². The maximum absolute atomic E-state index is 11.9. The van der Waals surface area contributed by atoms with Crippen molar-refractivity contribution < 1.29 is 27.8 Å². The second-order valence-electron chi connectivity index (χ2n) is 10.9. The second kappa shape index (κ2) is 22.1. The lowest BCUT2D eigenvalue weighted by Gasteiger charge is -2.32. The number of fused-ring (bicyclic) bond motifs is 1. The van der Waals surface area contributed by atoms with E-state index in [0.29, 0.717) is 75.0 Å². The molecule has 11 nitrogen and oxygen atoms in total. The molecule has 0 bridgehead atoms. The molecule has 1 aromatic heterocycles. The summed E-state index contributed by atoms with van der Waals surface area (Å²) < 4.78 is 39.2. The standard InChI is InChI=1S/C26H29Cl2N5O3.C8H19O3PS2/c1-32-6-8-33(9-7-32)5-4-10-36-25-13-21-18(11-24(25)35-3)26(17(15-29)16-30-21)31-22-14-23(34-2)20(28)12-19(22)27;1-4-10-12(9,11-5-2)14-8-7-13-6-3/h11-14,16H,4-10H2,1-3H3,(H,30,31);4-8H2,1-3H3. The van der Waals surface area contributed by atoms with E-state index in [-0.39, 0.29) is 0 Å². The molecule has 50 heavy (non-hydrogen) atoms. The van der Waals surface area contributed by atoms with Gasteiger partial charge in [-0.3, -0.25) is 4.98 Å². The van der Waals surface area contributed by atoms with Crippen LogP contribution in [0.2, 0.25) is 10.0 Å². The SMILES string of the molecule is CCOP(=O)(OCC)SCCSCC.COc1cc(Nc2c(C#N)cnc3cc(OCCCN4CCN(C)CC4)c(OC)cc23)c(Cl)cc1Cl. The predicted octanol–water partition coefficient (Wildman–Crippen LogP) is 8.84. The average molecular weight is 789 g/mol. The summed E-state index contributed by atoms with van der Waals surface area (Å²) >= 11 is 15.7. The first-order valence-corrected chi connectivity index (χ1v) is 21.5. The number of ether oxygens (including phenoxy) is 3. The van der Waals surface area contributed by atoms with Crippen molar-refractivity contribution in [2.24, 2.45) is 0 Å². The summed E-state index contributed by atoms with van der Waals surface area (Å²) in [4.78, 5) is 9.28. The number of nitrogens with zero attached hydrogens (tertiary/aromatic N) is 4. The maximum atomic E-state index is 11.9. The zero-order valence-electron chi connectivity index (χ0n) is 29.6. The fraction of sp³-hybridized carbons (Fsp3) is 0.529. The van der Waals surface area contributed by atoms with Gasteiger partial charge in [0.1, 0.15) is 11.8 Å². The molecule has 3 aromatic rings. The lowest BCUT2D eigenvalue weighted by atomic mass is 10.1. The van der Waals surface area contributed by atoms with Crippen molar-refractivity contribution >= 4 is 75.4 Å². The Morgan fingerprint density at radius 2 is 1.66 bits per heavy atom. The molecule has 4 rings (SSSR count). The molecule has 1 N–H and O–H groups in total. The summed E-state index contributed by atoms with van der Waals surface area (Å²) in [6.45, 7) is 9.70. The Hall–Kier alpha value is -2.11. The molecule has 0 unspecified atom stereocenters. The van der Waals surface area contributed by atoms with Crippen LogP contribution in [0.25, 0.3) is 10.9 Å². The molecule has 16 heteroatoms. The zero-order valence-corrected chi connectivity index (χ0v) is 33.7. The largest absolute Gasteiger partial charge is 0.495 e. The van der Waals surface area contributed by atoms with Crippen LogP contribution in [0.4, 0.5) is 11.4 Å². The molecule has 0 atom stereocenters. The van der Waals surface area contributed by atoms with Gasteiger partial charge in [0.2, 0.25) is 0 Å². The van der Waals surface area contributed by atoms with Crippen LogP contribution in [-0.2, 0) is 13.6 Å². The molecule has 0 saturated carbocycles. The van der Waals surface area contributed by atoms with E-state index < -0.39 is 6.80 Å². The predicted molar refractivity (Wildman–Crippen MR) is 210 cm³/mol. The molecule has 1 fully saturated rings. The van der Waals surface area contributed by atoms with Crippen LogP contribution in [0.5, 0.6) is 17.2 Å². The summed E-state index contributed by atoms with van der Waals surface area (Å²) in [6, 6.07) is 9.12. The molecule has 1 aliphatic heterocycles. The van der Waals surface area contributed by atoms with Crippen LogP contribution in [0.1, 0.15) is 32.8 Å². The van der Waals surface area contributed by atoms with Gasteiger partial charge in [-0.25, -0.2) is 4.57 Å². The second-order valence-corrected chi connectivity index (χ2v) is 17.3. The normalized spacial score (nSPS) is 13.7. The van der Waals surface area contributed by atoms with Gasteiger partial charge >= 0.3 is 6.80 Å². The maximum Gasteiger partial charge on any atom is 0.389 e. The third-order valence-electron chi connectivity index (χ3n) is 7.50. The summed E-state index contributed by atoms with van der Waals surface area (Å²) in [5.74, 6) is 4.53. The van der Waals surface area contributed by atoms with Crippen molar-refractivity contribution in [2.45, 2.75) is 27.2 Å². The molecule has 276 valence electrons. The van der Waals surface area contributed by atoms with Crippen molar-refractivity contribution in [2.75, 3.05) is 96.4 Å². The van der Waals surface area contributed by atoms with Gasteiger partial charge in [0, 0.05) is 67.9 Å². The van der Waals surface area contributed by atoms with Gasteiger partial charge in [0.05, 0.1) is 66.5 Å². The molecule has 2 heterocycles. The van der Waals surface area contributed by atoms with Gasteiger partial charge in [0.25, 0.3) is 0 Å². The average Bonchev–Trinajstić information content (AvgIpc) is 3.10. The minimum Gasteiger partial charge on any atom is -0.495 e. The van der Waals surface area contributed by atoms with Crippen molar-refractivity contribution in [3.8, 4) is 23.3 Å². The topological polar surface area (TPSA) is 118 Å². The molecule has 0 spiro atoms. The Morgan fingerprint density at radius 1 is 0.960 bits per heavy atom. The number of halogens is 2. The fourth-order valence-electron chi connectivity index (χ4n) is 4.93. The van der Waals surface area contributed by atoms with Crippen LogP contribution in [0.15, 0.2) is 30.5 Å². The number of aromatic nitrogens is 1. The number of hydrogen-bond acceptors (Lipinski definition) is 13. The third kappa shape index (κ3) is 12.8. The number of nitriles is 1. The minimum atomic E-state index is -2.86. The van der Waals surface area contributed by atoms with Crippen molar-refractivity contribution in [3.05, 3.63) is 46.1 Å². The molecule has 0 amide bonds. The molecular weight excluding hydrogens is 740 g/mol. The lowest BCUT2D eigenvalue weighted by molar-refractivity contribution is 0.145. The van der Waals surface area contributed by atoms with Gasteiger partial charge in [0.15, 0.2) is 11.5 Å². The van der Waals surface area contributed by atoms with Crippen molar-refractivity contribution in [1.82, 2.24) is 14.8 Å². The highest BCUT2D eigenvalue weighted by Crippen LogP contribution is 2.60. The van der Waals surface area contributed by atoms with Gasteiger partial charge in [-0.05, 0) is 56.6 Å². The first-order valence-electron chi connectivity index (χ1n) is 16.5. The van der Waals surface area contributed by atoms with Crippen LogP contribution >= 0.6 is 53.1 Å². The fourth-order valence-corrected chi connectivity index (χ4v) is 10.00. The van der Waals surface area contributed by atoms with E-state index in [1.54, 1.807) is 19.2 Å². The van der Waals surface area contributed by atoms with Gasteiger partial charge in [-0.15, -0.1) is 0 Å². The quantitative estimate of drug-likeness (QED) is 0.0978. The molecule has 1 aliphatic rings. The van der Waals surface area contributed by atoms with Crippen LogP contribution in [0, 0.1) is 11.3 Å². The molecule has 1 saturated heterocycles. The van der Waals surface area contributed by atoms with Gasteiger partial charge in [-0.2, -0.15) is 17.0 Å². The van der Waals surface area contributed by atoms with Gasteiger partial charge in [-0.1, -0.05) is 30.1 Å². The Kier molecular flexibility index (Phi) is 18.7. The number of benzene rings is 2. The zero-order chi connectivity index (χ0) is 36.5. The first kappa shape index (κ1) is 42.3. The van der Waals surface area contributed by atoms with E-state index in [0.717, 1.165) is 56.4 Å². The van der Waals surface area contributed by atoms with E-state index in [1.165, 1.54) is 24.7 Å². The Balaban J connectivity index is 0.000000409. The Morgan fingerprint density at radius 3 is 2.28 bits per heavy atom. The highest BCUT2D eigenvalue weighted by atomic mass is 35.5. The number of likely N-dealkylation sites (N-methyl/N-ethyl adjacent to an activating group) is 1. The smallest absolute Gasteiger partial charge is 0.389 e. The summed E-state index contributed by atoms with van der Waals surface area (Å²) in [6.07, 6.45) is 2.44. The van der Waals surface area contributed by atoms with E-state index in [2.05, 4.69) is 40.1 Å². The van der Waals surface area contributed by atoms with E-state index >= 15 is 0 Å². The van der Waals surface area contributed by atoms with Gasteiger partial charge < -0.3 is 38.4 Å². The number of thioether (sulfide) groups is 1. The minimum absolute atomic E-state index is 0.357. The van der Waals surface area contributed by atoms with Crippen LogP contribution in [-0.4, -0.2) is 106 Å². The molecule has 0 aliphatic carbocycles. The molecule has 0 radical (unpaired) electrons. The van der Waals surface area contributed by atoms with E-state index in [1.807, 2.05) is 37.7 Å². The summed E-state index contributed by atoms with van der Waals surface area (Å²) in [7, 11) is 5.27. The van der Waals surface area contributed by atoms with Crippen molar-refractivity contribution in [3.63, 3.8) is 0 Å².